The summed E-state index contributed by atoms with van der Waals surface area (Å²) in [5.74, 6) is 2.12. The van der Waals surface area contributed by atoms with E-state index in [1.807, 2.05) is 38.1 Å². The molecule has 0 radical (unpaired) electrons. The largest absolute Gasteiger partial charge is 0.494 e. The number of aromatic nitrogens is 2. The summed E-state index contributed by atoms with van der Waals surface area (Å²) < 4.78 is 8.31. The highest BCUT2D eigenvalue weighted by molar-refractivity contribution is 5.95. The summed E-state index contributed by atoms with van der Waals surface area (Å²) in [7, 11) is 0. The lowest BCUT2D eigenvalue weighted by atomic mass is 10.1. The lowest BCUT2D eigenvalue weighted by Crippen LogP contribution is -2.25. The molecule has 4 aromatic rings. The Morgan fingerprint density at radius 3 is 2.54 bits per heavy atom. The van der Waals surface area contributed by atoms with E-state index in [-0.39, 0.29) is 5.91 Å². The van der Waals surface area contributed by atoms with Crippen molar-refractivity contribution in [3.8, 4) is 5.75 Å². The van der Waals surface area contributed by atoms with Gasteiger partial charge in [-0.2, -0.15) is 0 Å². The standard InChI is InChI=1S/C32H39N3O2/c1-24-12-11-13-27(23-24)37-21-10-9-20-35-30-15-7-6-14-29(30)34-31(35)16-5-4-8-19-33-32(36)28-18-17-25(2)22-26(28)3/h6-7,11-15,17-18,22-23H,4-5,8-10,16,19-21H2,1-3H3,(H,33,36). The predicted molar refractivity (Wildman–Crippen MR) is 151 cm³/mol. The van der Waals surface area contributed by atoms with Gasteiger partial charge in [0.2, 0.25) is 0 Å². The summed E-state index contributed by atoms with van der Waals surface area (Å²) in [6, 6.07) is 22.6. The summed E-state index contributed by atoms with van der Waals surface area (Å²) in [4.78, 5) is 17.4. The van der Waals surface area contributed by atoms with Crippen LogP contribution >= 0.6 is 0 Å². The first-order chi connectivity index (χ1) is 18.0. The first-order valence-electron chi connectivity index (χ1n) is 13.5. The maximum Gasteiger partial charge on any atom is 0.251 e. The average Bonchev–Trinajstić information content (AvgIpc) is 3.23. The number of benzene rings is 3. The van der Waals surface area contributed by atoms with Gasteiger partial charge < -0.3 is 14.6 Å². The molecule has 1 N–H and O–H groups in total. The van der Waals surface area contributed by atoms with Gasteiger partial charge in [0.15, 0.2) is 0 Å². The zero-order valence-corrected chi connectivity index (χ0v) is 22.4. The molecule has 0 fully saturated rings. The van der Waals surface area contributed by atoms with Gasteiger partial charge in [-0.3, -0.25) is 4.79 Å². The molecule has 0 unspecified atom stereocenters. The number of hydrogen-bond donors (Lipinski definition) is 1. The molecule has 0 aliphatic heterocycles. The summed E-state index contributed by atoms with van der Waals surface area (Å²) >= 11 is 0. The number of hydrogen-bond acceptors (Lipinski definition) is 3. The van der Waals surface area contributed by atoms with E-state index >= 15 is 0 Å². The number of ether oxygens (including phenoxy) is 1. The number of unbranched alkanes of at least 4 members (excludes halogenated alkanes) is 3. The van der Waals surface area contributed by atoms with Gasteiger partial charge in [-0.25, -0.2) is 4.98 Å². The molecule has 0 bridgehead atoms. The molecule has 5 heteroatoms. The SMILES string of the molecule is Cc1cccc(OCCCCn2c(CCCCCNC(=O)c3ccc(C)cc3C)nc3ccccc32)c1. The number of para-hydroxylation sites is 2. The van der Waals surface area contributed by atoms with E-state index in [1.54, 1.807) is 0 Å². The normalized spacial score (nSPS) is 11.1. The van der Waals surface area contributed by atoms with Crippen molar-refractivity contribution in [2.75, 3.05) is 13.2 Å². The Balaban J connectivity index is 1.22. The third-order valence-corrected chi connectivity index (χ3v) is 6.76. The van der Waals surface area contributed by atoms with Crippen molar-refractivity contribution in [3.05, 3.63) is 94.8 Å². The second-order valence-electron chi connectivity index (χ2n) is 9.93. The molecule has 0 aliphatic carbocycles. The van der Waals surface area contributed by atoms with Crippen molar-refractivity contribution in [1.29, 1.82) is 0 Å². The molecule has 37 heavy (non-hydrogen) atoms. The van der Waals surface area contributed by atoms with Crippen LogP contribution in [0.15, 0.2) is 66.7 Å². The van der Waals surface area contributed by atoms with Gasteiger partial charge in [-0.15, -0.1) is 0 Å². The molecule has 194 valence electrons. The molecular formula is C32H39N3O2. The van der Waals surface area contributed by atoms with Crippen LogP contribution in [0.3, 0.4) is 0 Å². The highest BCUT2D eigenvalue weighted by atomic mass is 16.5. The van der Waals surface area contributed by atoms with E-state index in [0.29, 0.717) is 6.54 Å². The number of carbonyl (C=O) groups excluding carboxylic acids is 1. The van der Waals surface area contributed by atoms with Crippen molar-refractivity contribution in [2.45, 2.75) is 65.8 Å². The van der Waals surface area contributed by atoms with Gasteiger partial charge in [0.1, 0.15) is 11.6 Å². The minimum Gasteiger partial charge on any atom is -0.494 e. The number of nitrogens with one attached hydrogen (secondary N) is 1. The molecule has 0 saturated heterocycles. The Morgan fingerprint density at radius 2 is 1.70 bits per heavy atom. The number of nitrogens with zero attached hydrogens (tertiary/aromatic N) is 2. The van der Waals surface area contributed by atoms with E-state index in [4.69, 9.17) is 9.72 Å². The van der Waals surface area contributed by atoms with Crippen molar-refractivity contribution in [3.63, 3.8) is 0 Å². The second-order valence-corrected chi connectivity index (χ2v) is 9.93. The maximum atomic E-state index is 12.5. The second kappa shape index (κ2) is 13.1. The van der Waals surface area contributed by atoms with Gasteiger partial charge in [0, 0.05) is 25.1 Å². The molecule has 0 saturated carbocycles. The number of imidazole rings is 1. The first kappa shape index (κ1) is 26.5. The van der Waals surface area contributed by atoms with E-state index in [9.17, 15) is 4.79 Å². The quantitative estimate of drug-likeness (QED) is 0.203. The lowest BCUT2D eigenvalue weighted by molar-refractivity contribution is 0.0952. The average molecular weight is 498 g/mol. The van der Waals surface area contributed by atoms with Crippen LogP contribution in [-0.2, 0) is 13.0 Å². The summed E-state index contributed by atoms with van der Waals surface area (Å²) in [6.45, 7) is 8.48. The fourth-order valence-corrected chi connectivity index (χ4v) is 4.78. The van der Waals surface area contributed by atoms with Crippen LogP contribution in [0.1, 0.15) is 65.0 Å². The zero-order chi connectivity index (χ0) is 26.0. The topological polar surface area (TPSA) is 56.1 Å². The van der Waals surface area contributed by atoms with Crippen LogP contribution in [0.2, 0.25) is 0 Å². The third-order valence-electron chi connectivity index (χ3n) is 6.76. The van der Waals surface area contributed by atoms with E-state index in [2.05, 4.69) is 59.3 Å². The zero-order valence-electron chi connectivity index (χ0n) is 22.4. The Labute approximate surface area is 220 Å². The number of aryl methyl sites for hydroxylation is 5. The van der Waals surface area contributed by atoms with Crippen molar-refractivity contribution in [2.24, 2.45) is 0 Å². The fourth-order valence-electron chi connectivity index (χ4n) is 4.78. The van der Waals surface area contributed by atoms with Crippen LogP contribution in [-0.4, -0.2) is 28.6 Å². The Hall–Kier alpha value is -3.60. The Morgan fingerprint density at radius 1 is 0.865 bits per heavy atom. The van der Waals surface area contributed by atoms with Crippen molar-refractivity contribution < 1.29 is 9.53 Å². The molecule has 1 aromatic heterocycles. The highest BCUT2D eigenvalue weighted by Crippen LogP contribution is 2.19. The molecular weight excluding hydrogens is 458 g/mol. The van der Waals surface area contributed by atoms with Gasteiger partial charge >= 0.3 is 0 Å². The van der Waals surface area contributed by atoms with Crippen molar-refractivity contribution in [1.82, 2.24) is 14.9 Å². The van der Waals surface area contributed by atoms with Crippen LogP contribution < -0.4 is 10.1 Å². The Kier molecular flexibility index (Phi) is 9.36. The number of amides is 1. The Bertz CT molecular complexity index is 1320. The minimum atomic E-state index is 0.0191. The van der Waals surface area contributed by atoms with E-state index in [0.717, 1.165) is 79.9 Å². The van der Waals surface area contributed by atoms with Crippen LogP contribution in [0.4, 0.5) is 0 Å². The monoisotopic (exact) mass is 497 g/mol. The molecule has 0 aliphatic rings. The predicted octanol–water partition coefficient (Wildman–Crippen LogP) is 6.96. The fraction of sp³-hybridized carbons (Fsp3) is 0.375. The van der Waals surface area contributed by atoms with Gasteiger partial charge in [-0.05, 0) is 87.9 Å². The summed E-state index contributed by atoms with van der Waals surface area (Å²) in [5, 5.41) is 3.07. The van der Waals surface area contributed by atoms with Gasteiger partial charge in [0.05, 0.1) is 17.6 Å². The summed E-state index contributed by atoms with van der Waals surface area (Å²) in [5.41, 5.74) is 6.46. The van der Waals surface area contributed by atoms with E-state index < -0.39 is 0 Å². The minimum absolute atomic E-state index is 0.0191. The van der Waals surface area contributed by atoms with Crippen molar-refractivity contribution >= 4 is 16.9 Å². The van der Waals surface area contributed by atoms with Gasteiger partial charge in [-0.1, -0.05) is 48.4 Å². The molecule has 5 nitrogen and oxygen atoms in total. The third kappa shape index (κ3) is 7.45. The van der Waals surface area contributed by atoms with Crippen LogP contribution in [0, 0.1) is 20.8 Å². The molecule has 1 heterocycles. The highest BCUT2D eigenvalue weighted by Gasteiger charge is 2.11. The smallest absolute Gasteiger partial charge is 0.251 e. The number of rotatable bonds is 13. The lowest BCUT2D eigenvalue weighted by Gasteiger charge is -2.11. The molecule has 0 spiro atoms. The first-order valence-corrected chi connectivity index (χ1v) is 13.5. The van der Waals surface area contributed by atoms with Crippen LogP contribution in [0.5, 0.6) is 5.75 Å². The molecule has 4 rings (SSSR count). The van der Waals surface area contributed by atoms with Crippen LogP contribution in [0.25, 0.3) is 11.0 Å². The number of fused-ring (bicyclic) bond motifs is 1. The number of carbonyl (C=O) groups is 1. The maximum absolute atomic E-state index is 12.5. The van der Waals surface area contributed by atoms with E-state index in [1.165, 1.54) is 16.6 Å². The molecule has 3 aromatic carbocycles. The van der Waals surface area contributed by atoms with Gasteiger partial charge in [0.25, 0.3) is 5.91 Å². The molecule has 1 amide bonds. The molecule has 0 atom stereocenters. The summed E-state index contributed by atoms with van der Waals surface area (Å²) in [6.07, 6.45) is 6.07.